The van der Waals surface area contributed by atoms with Crippen LogP contribution in [0.3, 0.4) is 0 Å². The molecule has 0 bridgehead atoms. The summed E-state index contributed by atoms with van der Waals surface area (Å²) in [5.41, 5.74) is 0.802. The van der Waals surface area contributed by atoms with Crippen molar-refractivity contribution in [2.45, 2.75) is 25.8 Å². The molecule has 1 amide bonds. The zero-order chi connectivity index (χ0) is 13.3. The van der Waals surface area contributed by atoms with Gasteiger partial charge in [0.2, 0.25) is 0 Å². The zero-order valence-corrected chi connectivity index (χ0v) is 9.94. The Morgan fingerprint density at radius 3 is 2.61 bits per heavy atom. The van der Waals surface area contributed by atoms with E-state index in [2.05, 4.69) is 5.32 Å². The number of nitrogens with one attached hydrogen (secondary N) is 1. The van der Waals surface area contributed by atoms with Gasteiger partial charge in [-0.15, -0.1) is 0 Å². The van der Waals surface area contributed by atoms with E-state index in [0.717, 1.165) is 12.8 Å². The topological polar surface area (TPSA) is 66.4 Å². The summed E-state index contributed by atoms with van der Waals surface area (Å²) in [6, 6.07) is 2.96. The lowest BCUT2D eigenvalue weighted by Crippen LogP contribution is -2.42. The molecular weight excluding hydrogens is 237 g/mol. The number of amides is 1. The molecule has 0 heterocycles. The van der Waals surface area contributed by atoms with Crippen molar-refractivity contribution in [3.05, 3.63) is 35.1 Å². The Kier molecular flexibility index (Phi) is 3.32. The standard InChI is InChI=1S/C13H14FNO3/c1-7-6-9(14)4-5-10(7)12(16)15-11(13(17)18)8-2-3-8/h4-6,8,11H,2-3H2,1H3,(H,15,16)(H,17,18). The number of carboxylic acid groups (broad SMARTS) is 1. The lowest BCUT2D eigenvalue weighted by Gasteiger charge is -2.14. The molecule has 5 heteroatoms. The van der Waals surface area contributed by atoms with Crippen molar-refractivity contribution in [3.63, 3.8) is 0 Å². The molecule has 1 atom stereocenters. The molecule has 1 aromatic carbocycles. The summed E-state index contributed by atoms with van der Waals surface area (Å²) < 4.78 is 12.9. The summed E-state index contributed by atoms with van der Waals surface area (Å²) in [6.07, 6.45) is 1.64. The number of aryl methyl sites for hydroxylation is 1. The number of carboxylic acids is 1. The van der Waals surface area contributed by atoms with E-state index in [9.17, 15) is 14.0 Å². The smallest absolute Gasteiger partial charge is 0.326 e. The van der Waals surface area contributed by atoms with Gasteiger partial charge in [-0.3, -0.25) is 4.79 Å². The van der Waals surface area contributed by atoms with Gasteiger partial charge >= 0.3 is 5.97 Å². The van der Waals surface area contributed by atoms with Crippen molar-refractivity contribution in [2.24, 2.45) is 5.92 Å². The van der Waals surface area contributed by atoms with E-state index >= 15 is 0 Å². The molecule has 2 rings (SSSR count). The average molecular weight is 251 g/mol. The van der Waals surface area contributed by atoms with Gasteiger partial charge in [-0.05, 0) is 49.4 Å². The minimum Gasteiger partial charge on any atom is -0.480 e. The van der Waals surface area contributed by atoms with Gasteiger partial charge in [-0.1, -0.05) is 0 Å². The van der Waals surface area contributed by atoms with Crippen LogP contribution in [0.2, 0.25) is 0 Å². The van der Waals surface area contributed by atoms with Crippen molar-refractivity contribution in [1.82, 2.24) is 5.32 Å². The van der Waals surface area contributed by atoms with E-state index in [0.29, 0.717) is 11.1 Å². The van der Waals surface area contributed by atoms with Crippen LogP contribution in [-0.2, 0) is 4.79 Å². The van der Waals surface area contributed by atoms with E-state index in [4.69, 9.17) is 5.11 Å². The highest BCUT2D eigenvalue weighted by molar-refractivity contribution is 5.97. The van der Waals surface area contributed by atoms with Crippen LogP contribution in [0, 0.1) is 18.7 Å². The van der Waals surface area contributed by atoms with Gasteiger partial charge in [-0.25, -0.2) is 9.18 Å². The van der Waals surface area contributed by atoms with E-state index in [1.807, 2.05) is 0 Å². The van der Waals surface area contributed by atoms with Gasteiger partial charge in [0.05, 0.1) is 0 Å². The minimum atomic E-state index is -1.02. The van der Waals surface area contributed by atoms with Gasteiger partial charge in [0.15, 0.2) is 0 Å². The molecule has 0 radical (unpaired) electrons. The third-order valence-electron chi connectivity index (χ3n) is 3.08. The minimum absolute atomic E-state index is 0.0206. The molecule has 96 valence electrons. The molecule has 0 spiro atoms. The molecule has 18 heavy (non-hydrogen) atoms. The lowest BCUT2D eigenvalue weighted by molar-refractivity contribution is -0.139. The highest BCUT2D eigenvalue weighted by atomic mass is 19.1. The van der Waals surface area contributed by atoms with Crippen LogP contribution in [0.1, 0.15) is 28.8 Å². The van der Waals surface area contributed by atoms with Gasteiger partial charge in [0.25, 0.3) is 5.91 Å². The molecule has 2 N–H and O–H groups in total. The van der Waals surface area contributed by atoms with Crippen LogP contribution >= 0.6 is 0 Å². The first kappa shape index (κ1) is 12.5. The van der Waals surface area contributed by atoms with Crippen LogP contribution in [0.15, 0.2) is 18.2 Å². The highest BCUT2D eigenvalue weighted by Gasteiger charge is 2.37. The fourth-order valence-electron chi connectivity index (χ4n) is 1.91. The average Bonchev–Trinajstić information content (AvgIpc) is 3.08. The van der Waals surface area contributed by atoms with Crippen molar-refractivity contribution in [1.29, 1.82) is 0 Å². The van der Waals surface area contributed by atoms with Crippen LogP contribution in [-0.4, -0.2) is 23.0 Å². The number of carbonyl (C=O) groups is 2. The van der Waals surface area contributed by atoms with Crippen LogP contribution in [0.25, 0.3) is 0 Å². The van der Waals surface area contributed by atoms with Gasteiger partial charge in [0, 0.05) is 5.56 Å². The van der Waals surface area contributed by atoms with Crippen LogP contribution in [0.4, 0.5) is 4.39 Å². The molecule has 0 aliphatic heterocycles. The van der Waals surface area contributed by atoms with Gasteiger partial charge in [-0.2, -0.15) is 0 Å². The van der Waals surface area contributed by atoms with Gasteiger partial charge in [0.1, 0.15) is 11.9 Å². The number of hydrogen-bond acceptors (Lipinski definition) is 2. The van der Waals surface area contributed by atoms with Gasteiger partial charge < -0.3 is 10.4 Å². The Balaban J connectivity index is 2.13. The Bertz CT molecular complexity index is 497. The van der Waals surface area contributed by atoms with Crippen LogP contribution in [0.5, 0.6) is 0 Å². The molecule has 1 fully saturated rings. The second-order valence-electron chi connectivity index (χ2n) is 4.59. The lowest BCUT2D eigenvalue weighted by atomic mass is 10.1. The van der Waals surface area contributed by atoms with E-state index in [-0.39, 0.29) is 5.92 Å². The second kappa shape index (κ2) is 4.76. The first-order chi connectivity index (χ1) is 8.49. The second-order valence-corrected chi connectivity index (χ2v) is 4.59. The maximum Gasteiger partial charge on any atom is 0.326 e. The van der Waals surface area contributed by atoms with Crippen molar-refractivity contribution < 1.29 is 19.1 Å². The fourth-order valence-corrected chi connectivity index (χ4v) is 1.91. The summed E-state index contributed by atoms with van der Waals surface area (Å²) in [5, 5.41) is 11.5. The molecule has 1 aliphatic carbocycles. The maximum absolute atomic E-state index is 12.9. The van der Waals surface area contributed by atoms with Crippen molar-refractivity contribution >= 4 is 11.9 Å². The van der Waals surface area contributed by atoms with E-state index < -0.39 is 23.7 Å². The maximum atomic E-state index is 12.9. The summed E-state index contributed by atoms with van der Waals surface area (Å²) in [5.74, 6) is -1.88. The largest absolute Gasteiger partial charge is 0.480 e. The molecule has 1 saturated carbocycles. The highest BCUT2D eigenvalue weighted by Crippen LogP contribution is 2.32. The Hall–Kier alpha value is -1.91. The number of halogens is 1. The molecule has 0 aromatic heterocycles. The molecular formula is C13H14FNO3. The normalized spacial score (nSPS) is 16.1. The number of hydrogen-bond donors (Lipinski definition) is 2. The fraction of sp³-hybridized carbons (Fsp3) is 0.385. The molecule has 4 nitrogen and oxygen atoms in total. The summed E-state index contributed by atoms with van der Waals surface area (Å²) >= 11 is 0. The van der Waals surface area contributed by atoms with Crippen molar-refractivity contribution in [2.75, 3.05) is 0 Å². The third kappa shape index (κ3) is 2.67. The molecule has 1 aliphatic rings. The molecule has 1 aromatic rings. The zero-order valence-electron chi connectivity index (χ0n) is 9.94. The number of rotatable bonds is 4. The van der Waals surface area contributed by atoms with E-state index in [1.165, 1.54) is 18.2 Å². The Morgan fingerprint density at radius 1 is 1.44 bits per heavy atom. The summed E-state index contributed by atoms with van der Waals surface area (Å²) in [4.78, 5) is 22.9. The quantitative estimate of drug-likeness (QED) is 0.856. The predicted molar refractivity (Wildman–Crippen MR) is 62.8 cm³/mol. The van der Waals surface area contributed by atoms with Crippen LogP contribution < -0.4 is 5.32 Å². The first-order valence-corrected chi connectivity index (χ1v) is 5.79. The Morgan fingerprint density at radius 2 is 2.11 bits per heavy atom. The predicted octanol–water partition coefficient (Wildman–Crippen LogP) is 1.73. The monoisotopic (exact) mass is 251 g/mol. The molecule has 0 saturated heterocycles. The number of carbonyl (C=O) groups excluding carboxylic acids is 1. The van der Waals surface area contributed by atoms with Crippen molar-refractivity contribution in [3.8, 4) is 0 Å². The summed E-state index contributed by atoms with van der Waals surface area (Å²) in [6.45, 7) is 1.62. The third-order valence-corrected chi connectivity index (χ3v) is 3.08. The summed E-state index contributed by atoms with van der Waals surface area (Å²) in [7, 11) is 0. The number of benzene rings is 1. The number of aliphatic carboxylic acids is 1. The molecule has 1 unspecified atom stereocenters. The Labute approximate surface area is 104 Å². The first-order valence-electron chi connectivity index (χ1n) is 5.79. The SMILES string of the molecule is Cc1cc(F)ccc1C(=O)NC(C(=O)O)C1CC1. The van der Waals surface area contributed by atoms with E-state index in [1.54, 1.807) is 6.92 Å².